The minimum atomic E-state index is -0.790. The van der Waals surface area contributed by atoms with Gasteiger partial charge in [0.1, 0.15) is 6.04 Å². The van der Waals surface area contributed by atoms with Crippen LogP contribution in [0.1, 0.15) is 11.6 Å². The first kappa shape index (κ1) is 12.6. The van der Waals surface area contributed by atoms with Crippen molar-refractivity contribution in [2.75, 3.05) is 13.2 Å². The van der Waals surface area contributed by atoms with Crippen LogP contribution in [0.5, 0.6) is 0 Å². The van der Waals surface area contributed by atoms with Crippen molar-refractivity contribution in [1.29, 1.82) is 0 Å². The highest BCUT2D eigenvalue weighted by Gasteiger charge is 2.18. The number of hydrogen-bond acceptors (Lipinski definition) is 4. The summed E-state index contributed by atoms with van der Waals surface area (Å²) in [5, 5.41) is 20.1. The fraction of sp³-hybridized carbons (Fsp3) is 0.364. The lowest BCUT2D eigenvalue weighted by molar-refractivity contribution is -0.123. The molecule has 5 nitrogen and oxygen atoms in total. The zero-order valence-corrected chi connectivity index (χ0v) is 8.84. The van der Waals surface area contributed by atoms with E-state index in [-0.39, 0.29) is 13.2 Å². The summed E-state index contributed by atoms with van der Waals surface area (Å²) in [6.45, 7) is -0.631. The topological polar surface area (TPSA) is 95.6 Å². The number of benzene rings is 1. The third-order valence-corrected chi connectivity index (χ3v) is 2.23. The molecule has 5 N–H and O–H groups in total. The van der Waals surface area contributed by atoms with E-state index in [2.05, 4.69) is 5.32 Å². The summed E-state index contributed by atoms with van der Waals surface area (Å²) in [5.74, 6) is -0.417. The summed E-state index contributed by atoms with van der Waals surface area (Å²) in [6, 6.07) is 7.45. The Hall–Kier alpha value is -1.43. The van der Waals surface area contributed by atoms with Crippen molar-refractivity contribution in [2.24, 2.45) is 5.73 Å². The number of amides is 1. The summed E-state index contributed by atoms with van der Waals surface area (Å²) < 4.78 is 0. The van der Waals surface area contributed by atoms with Gasteiger partial charge in [0.25, 0.3) is 0 Å². The summed E-state index contributed by atoms with van der Waals surface area (Å²) in [6.07, 6.45) is 0. The molecule has 0 bridgehead atoms. The van der Waals surface area contributed by atoms with E-state index in [1.54, 1.807) is 24.3 Å². The highest BCUT2D eigenvalue weighted by atomic mass is 16.3. The first-order chi connectivity index (χ1) is 7.69. The largest absolute Gasteiger partial charge is 0.394 e. The molecule has 0 unspecified atom stereocenters. The van der Waals surface area contributed by atoms with Gasteiger partial charge in [-0.3, -0.25) is 4.79 Å². The van der Waals surface area contributed by atoms with E-state index in [4.69, 9.17) is 15.9 Å². The van der Waals surface area contributed by atoms with Crippen LogP contribution in [0.3, 0.4) is 0 Å². The van der Waals surface area contributed by atoms with E-state index in [9.17, 15) is 4.79 Å². The molecule has 0 saturated carbocycles. The highest BCUT2D eigenvalue weighted by molar-refractivity contribution is 5.83. The highest BCUT2D eigenvalue weighted by Crippen LogP contribution is 2.09. The van der Waals surface area contributed by atoms with E-state index in [1.807, 2.05) is 6.07 Å². The zero-order chi connectivity index (χ0) is 12.0. The number of aliphatic hydroxyl groups is 2. The molecule has 16 heavy (non-hydrogen) atoms. The standard InChI is InChI=1S/C11H16N2O3/c12-10(8-4-2-1-3-5-8)11(16)13-9(6-14)7-15/h1-5,9-10,14-15H,6-7,12H2,(H,13,16)/t10-/m0/s1. The minimum Gasteiger partial charge on any atom is -0.394 e. The number of rotatable bonds is 5. The molecule has 0 aliphatic heterocycles. The van der Waals surface area contributed by atoms with Crippen LogP contribution in [-0.2, 0) is 4.79 Å². The normalized spacial score (nSPS) is 12.5. The molecular weight excluding hydrogens is 208 g/mol. The van der Waals surface area contributed by atoms with Crippen LogP contribution in [0, 0.1) is 0 Å². The molecule has 1 amide bonds. The molecule has 1 aromatic rings. The molecule has 0 aliphatic rings. The molecule has 88 valence electrons. The molecule has 0 saturated heterocycles. The van der Waals surface area contributed by atoms with Gasteiger partial charge in [-0.25, -0.2) is 0 Å². The Morgan fingerprint density at radius 2 is 1.81 bits per heavy atom. The zero-order valence-electron chi connectivity index (χ0n) is 8.84. The van der Waals surface area contributed by atoms with E-state index >= 15 is 0 Å². The van der Waals surface area contributed by atoms with Gasteiger partial charge in [-0.05, 0) is 5.56 Å². The SMILES string of the molecule is N[C@H](C(=O)NC(CO)CO)c1ccccc1. The molecule has 0 heterocycles. The molecular formula is C11H16N2O3. The quantitative estimate of drug-likeness (QED) is 0.524. The Balaban J connectivity index is 2.61. The number of aliphatic hydroxyl groups excluding tert-OH is 2. The molecule has 1 aromatic carbocycles. The van der Waals surface area contributed by atoms with Crippen LogP contribution in [0.4, 0.5) is 0 Å². The Morgan fingerprint density at radius 1 is 1.25 bits per heavy atom. The molecule has 0 fully saturated rings. The summed E-state index contributed by atoms with van der Waals surface area (Å²) in [4.78, 5) is 11.6. The van der Waals surface area contributed by atoms with Crippen LogP contribution >= 0.6 is 0 Å². The number of carbonyl (C=O) groups is 1. The fourth-order valence-corrected chi connectivity index (χ4v) is 1.25. The summed E-state index contributed by atoms with van der Waals surface area (Å²) in [5.41, 5.74) is 6.41. The van der Waals surface area contributed by atoms with Crippen molar-refractivity contribution in [3.8, 4) is 0 Å². The third kappa shape index (κ3) is 3.30. The maximum Gasteiger partial charge on any atom is 0.241 e. The molecule has 0 radical (unpaired) electrons. The Kier molecular flexibility index (Phi) is 4.91. The Bertz CT molecular complexity index is 325. The monoisotopic (exact) mass is 224 g/mol. The van der Waals surface area contributed by atoms with Gasteiger partial charge in [-0.15, -0.1) is 0 Å². The van der Waals surface area contributed by atoms with Crippen molar-refractivity contribution < 1.29 is 15.0 Å². The van der Waals surface area contributed by atoms with Crippen molar-refractivity contribution in [1.82, 2.24) is 5.32 Å². The average Bonchev–Trinajstić information content (AvgIpc) is 2.35. The predicted octanol–water partition coefficient (Wildman–Crippen LogP) is -0.844. The van der Waals surface area contributed by atoms with E-state index in [0.717, 1.165) is 0 Å². The van der Waals surface area contributed by atoms with Crippen LogP contribution in [0.25, 0.3) is 0 Å². The minimum absolute atomic E-state index is 0.316. The van der Waals surface area contributed by atoms with Crippen LogP contribution < -0.4 is 11.1 Å². The number of nitrogens with one attached hydrogen (secondary N) is 1. The maximum absolute atomic E-state index is 11.6. The average molecular weight is 224 g/mol. The fourth-order valence-electron chi connectivity index (χ4n) is 1.25. The predicted molar refractivity (Wildman–Crippen MR) is 59.5 cm³/mol. The molecule has 0 aromatic heterocycles. The number of hydrogen-bond donors (Lipinski definition) is 4. The van der Waals surface area contributed by atoms with Gasteiger partial charge >= 0.3 is 0 Å². The van der Waals surface area contributed by atoms with Crippen LogP contribution in [-0.4, -0.2) is 35.4 Å². The van der Waals surface area contributed by atoms with Gasteiger partial charge in [-0.2, -0.15) is 0 Å². The van der Waals surface area contributed by atoms with Crippen LogP contribution in [0.2, 0.25) is 0 Å². The second kappa shape index (κ2) is 6.22. The molecule has 0 spiro atoms. The Labute approximate surface area is 93.9 Å². The van der Waals surface area contributed by atoms with Gasteiger partial charge in [0.2, 0.25) is 5.91 Å². The van der Waals surface area contributed by atoms with Crippen LogP contribution in [0.15, 0.2) is 30.3 Å². The molecule has 5 heteroatoms. The smallest absolute Gasteiger partial charge is 0.241 e. The van der Waals surface area contributed by atoms with Gasteiger partial charge in [0.15, 0.2) is 0 Å². The number of carbonyl (C=O) groups excluding carboxylic acids is 1. The second-order valence-electron chi connectivity index (χ2n) is 3.46. The van der Waals surface area contributed by atoms with Crippen molar-refractivity contribution in [3.63, 3.8) is 0 Å². The van der Waals surface area contributed by atoms with Crippen molar-refractivity contribution in [3.05, 3.63) is 35.9 Å². The lowest BCUT2D eigenvalue weighted by atomic mass is 10.1. The Morgan fingerprint density at radius 3 is 2.31 bits per heavy atom. The van der Waals surface area contributed by atoms with Crippen molar-refractivity contribution >= 4 is 5.91 Å². The first-order valence-electron chi connectivity index (χ1n) is 5.01. The lowest BCUT2D eigenvalue weighted by Crippen LogP contribution is -2.44. The second-order valence-corrected chi connectivity index (χ2v) is 3.46. The molecule has 1 atom stereocenters. The maximum atomic E-state index is 11.6. The van der Waals surface area contributed by atoms with Gasteiger partial charge in [0, 0.05) is 0 Å². The van der Waals surface area contributed by atoms with Gasteiger partial charge in [-0.1, -0.05) is 30.3 Å². The number of nitrogens with two attached hydrogens (primary N) is 1. The van der Waals surface area contributed by atoms with Gasteiger partial charge in [0.05, 0.1) is 19.3 Å². The van der Waals surface area contributed by atoms with Gasteiger partial charge < -0.3 is 21.3 Å². The lowest BCUT2D eigenvalue weighted by Gasteiger charge is -2.17. The summed E-state index contributed by atoms with van der Waals surface area (Å²) in [7, 11) is 0. The van der Waals surface area contributed by atoms with E-state index in [0.29, 0.717) is 5.56 Å². The third-order valence-electron chi connectivity index (χ3n) is 2.23. The first-order valence-corrected chi connectivity index (χ1v) is 5.01. The molecule has 0 aliphatic carbocycles. The van der Waals surface area contributed by atoms with Crippen molar-refractivity contribution in [2.45, 2.75) is 12.1 Å². The summed E-state index contributed by atoms with van der Waals surface area (Å²) >= 11 is 0. The van der Waals surface area contributed by atoms with E-state index in [1.165, 1.54) is 0 Å². The molecule has 1 rings (SSSR count). The van der Waals surface area contributed by atoms with E-state index < -0.39 is 18.0 Å².